The molecule has 0 bridgehead atoms. The molecule has 3 heterocycles. The van der Waals surface area contributed by atoms with Crippen molar-refractivity contribution < 1.29 is 24.1 Å². The monoisotopic (exact) mass is 894 g/mol. The van der Waals surface area contributed by atoms with Crippen LogP contribution in [0.1, 0.15) is 101 Å². The minimum atomic E-state index is 0.0139. The minimum Gasteiger partial charge on any atom is -0.509 e. The maximum absolute atomic E-state index is 8.78. The first-order chi connectivity index (χ1) is 32.0. The number of rotatable bonds is 12. The molecule has 7 rings (SSSR count). The molecule has 66 heavy (non-hydrogen) atoms. The fraction of sp³-hybridized carbons (Fsp3) is 0.328. The predicted molar refractivity (Wildman–Crippen MR) is 283 cm³/mol. The third-order valence-electron chi connectivity index (χ3n) is 8.57. The van der Waals surface area contributed by atoms with Gasteiger partial charge in [0.05, 0.1) is 30.1 Å². The standard InChI is InChI=1S/C21H23NO2.C17H13NO2.C11H15NO.3C3H8/c1-3-11-23-18-13-17(14-19(15-18)24-12-4-2)21-10-9-16-7-5-6-8-20(16)22-21;1-2-4-14-12(3-1)7-8-18-17(14)13-5-6-15-16(11-13)20-10-9-19-15;1-5-8-12-11(4)9(2)6-7-10(3)13;3*1-3-2/h5-10,13-15H,3-4,11-12H2,1-2H3;1-8,11H,9-10H2;5-8,13H,2-3H2,1,4H3;3*3H2,1-2H3/b;;7-6-,8-5-,12-11?;;;. The molecule has 0 saturated heterocycles. The maximum Gasteiger partial charge on any atom is 0.162 e. The Hall–Kier alpha value is -6.67. The number of pyridine rings is 2. The van der Waals surface area contributed by atoms with E-state index >= 15 is 0 Å². The SMILES string of the molecule is C=C(O)/C=C\C(=C)C(C)=N/C=C\C.CCC.CCC.CCC.CCCOc1cc(OCCC)cc(-c2ccc3ccccc3n2)c1.c1ccc2c(-c3ccc4c(c3)OCCO4)nccc2c1. The Morgan fingerprint density at radius 2 is 1.27 bits per heavy atom. The van der Waals surface area contributed by atoms with E-state index in [9.17, 15) is 0 Å². The fourth-order valence-electron chi connectivity index (χ4n) is 5.68. The van der Waals surface area contributed by atoms with E-state index in [1.165, 1.54) is 30.7 Å². The fourth-order valence-corrected chi connectivity index (χ4v) is 5.68. The zero-order chi connectivity index (χ0) is 48.5. The number of fused-ring (bicyclic) bond motifs is 3. The first-order valence-electron chi connectivity index (χ1n) is 23.4. The molecule has 1 aliphatic rings. The first-order valence-corrected chi connectivity index (χ1v) is 23.4. The summed E-state index contributed by atoms with van der Waals surface area (Å²) < 4.78 is 22.8. The predicted octanol–water partition coefficient (Wildman–Crippen LogP) is 16.6. The van der Waals surface area contributed by atoms with Gasteiger partial charge in [-0.1, -0.05) is 148 Å². The van der Waals surface area contributed by atoms with Crippen LogP contribution in [0.3, 0.4) is 0 Å². The number of nitrogens with zero attached hydrogens (tertiary/aromatic N) is 3. The van der Waals surface area contributed by atoms with Crippen LogP contribution in [0.25, 0.3) is 44.2 Å². The molecule has 4 aromatic carbocycles. The minimum absolute atomic E-state index is 0.0139. The lowest BCUT2D eigenvalue weighted by atomic mass is 10.0. The summed E-state index contributed by atoms with van der Waals surface area (Å²) in [6.45, 7) is 30.4. The van der Waals surface area contributed by atoms with Crippen molar-refractivity contribution in [3.63, 3.8) is 0 Å². The molecule has 2 aromatic heterocycles. The highest BCUT2D eigenvalue weighted by atomic mass is 16.6. The maximum atomic E-state index is 8.78. The molecule has 0 fully saturated rings. The van der Waals surface area contributed by atoms with Crippen molar-refractivity contribution in [1.82, 2.24) is 9.97 Å². The molecule has 0 radical (unpaired) electrons. The molecular formula is C58H75N3O5. The van der Waals surface area contributed by atoms with Crippen LogP contribution in [0.2, 0.25) is 0 Å². The highest BCUT2D eigenvalue weighted by molar-refractivity contribution is 6.00. The van der Waals surface area contributed by atoms with Gasteiger partial charge in [0.25, 0.3) is 0 Å². The van der Waals surface area contributed by atoms with Crippen LogP contribution in [0.15, 0.2) is 163 Å². The van der Waals surface area contributed by atoms with E-state index in [0.29, 0.717) is 26.4 Å². The van der Waals surface area contributed by atoms with Crippen LogP contribution in [-0.2, 0) is 0 Å². The number of ether oxygens (including phenoxy) is 4. The second-order valence-electron chi connectivity index (χ2n) is 15.2. The van der Waals surface area contributed by atoms with Gasteiger partial charge in [-0.15, -0.1) is 0 Å². The van der Waals surface area contributed by atoms with Crippen LogP contribution in [0.4, 0.5) is 0 Å². The topological polar surface area (TPSA) is 95.3 Å². The van der Waals surface area contributed by atoms with Gasteiger partial charge < -0.3 is 24.1 Å². The Morgan fingerprint density at radius 3 is 1.88 bits per heavy atom. The van der Waals surface area contributed by atoms with Crippen LogP contribution in [-0.4, -0.2) is 47.2 Å². The zero-order valence-electron chi connectivity index (χ0n) is 41.4. The van der Waals surface area contributed by atoms with E-state index < -0.39 is 0 Å². The molecule has 0 unspecified atom stereocenters. The van der Waals surface area contributed by atoms with Gasteiger partial charge in [-0.05, 0) is 92.3 Å². The van der Waals surface area contributed by atoms with Crippen molar-refractivity contribution in [2.24, 2.45) is 4.99 Å². The zero-order valence-corrected chi connectivity index (χ0v) is 41.4. The molecule has 8 heteroatoms. The number of hydrogen-bond acceptors (Lipinski definition) is 8. The number of aliphatic hydroxyl groups excluding tert-OH is 1. The Labute approximate surface area is 396 Å². The molecule has 0 aliphatic carbocycles. The highest BCUT2D eigenvalue weighted by Crippen LogP contribution is 2.36. The number of aromatic nitrogens is 2. The van der Waals surface area contributed by atoms with Crippen LogP contribution < -0.4 is 18.9 Å². The second kappa shape index (κ2) is 32.9. The van der Waals surface area contributed by atoms with Crippen LogP contribution >= 0.6 is 0 Å². The van der Waals surface area contributed by atoms with E-state index in [0.717, 1.165) is 85.9 Å². The second-order valence-corrected chi connectivity index (χ2v) is 15.2. The van der Waals surface area contributed by atoms with Gasteiger partial charge in [0.2, 0.25) is 0 Å². The Bertz CT molecular complexity index is 2400. The average molecular weight is 894 g/mol. The molecule has 8 nitrogen and oxygen atoms in total. The van der Waals surface area contributed by atoms with Gasteiger partial charge in [0.1, 0.15) is 30.5 Å². The Morgan fingerprint density at radius 1 is 0.682 bits per heavy atom. The number of allylic oxidation sites excluding steroid dienone is 4. The third kappa shape index (κ3) is 20.0. The molecule has 0 saturated carbocycles. The lowest BCUT2D eigenvalue weighted by molar-refractivity contribution is 0.171. The average Bonchev–Trinajstić information content (AvgIpc) is 3.34. The molecular weight excluding hydrogens is 819 g/mol. The number of para-hydroxylation sites is 1. The normalized spacial score (nSPS) is 11.3. The molecule has 0 spiro atoms. The van der Waals surface area contributed by atoms with Gasteiger partial charge in [0, 0.05) is 46.1 Å². The van der Waals surface area contributed by atoms with E-state index in [-0.39, 0.29) is 5.76 Å². The molecule has 1 N–H and O–H groups in total. The van der Waals surface area contributed by atoms with Crippen molar-refractivity contribution in [2.75, 3.05) is 26.4 Å². The number of aliphatic imine (C=N–C) groups is 1. The number of benzene rings is 4. The molecule has 0 atom stereocenters. The Kier molecular flexibility index (Phi) is 27.7. The van der Waals surface area contributed by atoms with Crippen molar-refractivity contribution in [1.29, 1.82) is 0 Å². The lowest BCUT2D eigenvalue weighted by Crippen LogP contribution is -2.15. The number of aliphatic hydroxyl groups is 1. The Balaban J connectivity index is 0.000000322. The smallest absolute Gasteiger partial charge is 0.162 e. The first kappa shape index (κ1) is 55.5. The number of hydrogen-bond donors (Lipinski definition) is 1. The molecule has 0 amide bonds. The summed E-state index contributed by atoms with van der Waals surface area (Å²) in [7, 11) is 0. The largest absolute Gasteiger partial charge is 0.509 e. The highest BCUT2D eigenvalue weighted by Gasteiger charge is 2.14. The molecule has 352 valence electrons. The summed E-state index contributed by atoms with van der Waals surface area (Å²) >= 11 is 0. The van der Waals surface area contributed by atoms with Crippen LogP contribution in [0, 0.1) is 0 Å². The summed E-state index contributed by atoms with van der Waals surface area (Å²) in [5.74, 6) is 3.27. The van der Waals surface area contributed by atoms with E-state index in [4.69, 9.17) is 29.0 Å². The van der Waals surface area contributed by atoms with E-state index in [2.05, 4.69) is 103 Å². The van der Waals surface area contributed by atoms with Crippen molar-refractivity contribution in [3.8, 4) is 45.5 Å². The molecule has 6 aromatic rings. The quantitative estimate of drug-likeness (QED) is 0.0743. The van der Waals surface area contributed by atoms with Crippen molar-refractivity contribution >= 4 is 27.4 Å². The van der Waals surface area contributed by atoms with Crippen molar-refractivity contribution in [2.45, 2.75) is 101 Å². The summed E-state index contributed by atoms with van der Waals surface area (Å²) in [5.41, 5.74) is 6.53. The molecule has 1 aliphatic heterocycles. The van der Waals surface area contributed by atoms with E-state index in [1.807, 2.05) is 105 Å². The summed E-state index contributed by atoms with van der Waals surface area (Å²) in [6.07, 6.45) is 14.2. The summed E-state index contributed by atoms with van der Waals surface area (Å²) in [5, 5.41) is 12.3. The van der Waals surface area contributed by atoms with Gasteiger partial charge >= 0.3 is 0 Å². The van der Waals surface area contributed by atoms with E-state index in [1.54, 1.807) is 12.3 Å². The van der Waals surface area contributed by atoms with Gasteiger partial charge in [-0.2, -0.15) is 0 Å². The van der Waals surface area contributed by atoms with Crippen molar-refractivity contribution in [3.05, 3.63) is 158 Å². The van der Waals surface area contributed by atoms with Gasteiger partial charge in [-0.25, -0.2) is 4.98 Å². The third-order valence-corrected chi connectivity index (χ3v) is 8.57. The summed E-state index contributed by atoms with van der Waals surface area (Å²) in [6, 6.07) is 34.6. The van der Waals surface area contributed by atoms with Gasteiger partial charge in [0.15, 0.2) is 11.5 Å². The van der Waals surface area contributed by atoms with Gasteiger partial charge in [-0.3, -0.25) is 9.98 Å². The summed E-state index contributed by atoms with van der Waals surface area (Å²) in [4.78, 5) is 13.4. The lowest BCUT2D eigenvalue weighted by Gasteiger charge is -2.19. The van der Waals surface area contributed by atoms with Crippen LogP contribution in [0.5, 0.6) is 23.0 Å².